The van der Waals surface area contributed by atoms with E-state index in [1.54, 1.807) is 0 Å². The van der Waals surface area contributed by atoms with Crippen LogP contribution in [0.5, 0.6) is 0 Å². The van der Waals surface area contributed by atoms with Crippen LogP contribution in [0.2, 0.25) is 0 Å². The molecule has 0 unspecified atom stereocenters. The van der Waals surface area contributed by atoms with Crippen molar-refractivity contribution in [1.82, 2.24) is 9.97 Å². The van der Waals surface area contributed by atoms with Gasteiger partial charge in [-0.15, -0.1) is 11.8 Å². The Labute approximate surface area is 206 Å². The van der Waals surface area contributed by atoms with E-state index in [-0.39, 0.29) is 5.41 Å². The van der Waals surface area contributed by atoms with Gasteiger partial charge < -0.3 is 0 Å². The van der Waals surface area contributed by atoms with Crippen molar-refractivity contribution in [2.45, 2.75) is 115 Å². The molecule has 3 rings (SSSR count). The molecule has 0 spiro atoms. The zero-order valence-corrected chi connectivity index (χ0v) is 22.1. The van der Waals surface area contributed by atoms with E-state index in [4.69, 9.17) is 0 Å². The van der Waals surface area contributed by atoms with Crippen LogP contribution in [0.15, 0.2) is 29.4 Å². The molecule has 0 saturated heterocycles. The van der Waals surface area contributed by atoms with Crippen molar-refractivity contribution < 1.29 is 0 Å². The number of nitrogens with zero attached hydrogens (tertiary/aromatic N) is 2. The predicted molar refractivity (Wildman–Crippen MR) is 143 cm³/mol. The third-order valence-corrected chi connectivity index (χ3v) is 7.83. The van der Waals surface area contributed by atoms with E-state index in [9.17, 15) is 0 Å². The molecule has 1 aliphatic rings. The van der Waals surface area contributed by atoms with Crippen LogP contribution in [0, 0.1) is 11.8 Å². The molecule has 0 aliphatic carbocycles. The van der Waals surface area contributed by atoms with E-state index in [0.717, 1.165) is 24.2 Å². The highest BCUT2D eigenvalue weighted by molar-refractivity contribution is 7.99. The minimum atomic E-state index is 0.222. The molecule has 0 amide bonds. The van der Waals surface area contributed by atoms with Gasteiger partial charge in [0.15, 0.2) is 0 Å². The van der Waals surface area contributed by atoms with Gasteiger partial charge in [0.2, 0.25) is 0 Å². The normalized spacial score (nSPS) is 14.4. The summed E-state index contributed by atoms with van der Waals surface area (Å²) in [6.45, 7) is 9.27. The van der Waals surface area contributed by atoms with E-state index in [1.807, 2.05) is 24.2 Å². The zero-order chi connectivity index (χ0) is 23.5. The Bertz CT molecular complexity index is 934. The second kappa shape index (κ2) is 13.2. The monoisotopic (exact) mass is 462 g/mol. The van der Waals surface area contributed by atoms with Crippen molar-refractivity contribution in [3.63, 3.8) is 0 Å². The van der Waals surface area contributed by atoms with Crippen molar-refractivity contribution in [2.75, 3.05) is 5.75 Å². The fourth-order valence-electron chi connectivity index (χ4n) is 4.46. The summed E-state index contributed by atoms with van der Waals surface area (Å²) in [5.41, 5.74) is 5.20. The Balaban J connectivity index is 1.75. The number of aromatic nitrogens is 2. The van der Waals surface area contributed by atoms with Crippen LogP contribution >= 0.6 is 11.8 Å². The number of benzene rings is 1. The number of unbranched alkanes of at least 4 members (excludes halogenated alkanes) is 7. The van der Waals surface area contributed by atoms with Gasteiger partial charge >= 0.3 is 0 Å². The van der Waals surface area contributed by atoms with Crippen molar-refractivity contribution in [2.24, 2.45) is 0 Å². The minimum Gasteiger partial charge on any atom is -0.240 e. The van der Waals surface area contributed by atoms with Crippen LogP contribution < -0.4 is 0 Å². The minimum absolute atomic E-state index is 0.222. The number of thioether (sulfide) groups is 1. The van der Waals surface area contributed by atoms with Crippen molar-refractivity contribution in [3.8, 4) is 11.8 Å². The smallest absolute Gasteiger partial charge is 0.128 e. The van der Waals surface area contributed by atoms with Gasteiger partial charge in [-0.1, -0.05) is 84.5 Å². The summed E-state index contributed by atoms with van der Waals surface area (Å²) >= 11 is 2.02. The van der Waals surface area contributed by atoms with Crippen LogP contribution in [0.1, 0.15) is 120 Å². The van der Waals surface area contributed by atoms with Crippen molar-refractivity contribution in [3.05, 3.63) is 52.6 Å². The molecule has 3 heteroatoms. The topological polar surface area (TPSA) is 25.8 Å². The zero-order valence-electron chi connectivity index (χ0n) is 21.3. The lowest BCUT2D eigenvalue weighted by Gasteiger charge is -2.32. The first-order valence-corrected chi connectivity index (χ1v) is 14.1. The molecule has 0 bridgehead atoms. The molecular formula is C30H42N2S. The summed E-state index contributed by atoms with van der Waals surface area (Å²) in [6, 6.07) is 4.82. The summed E-state index contributed by atoms with van der Waals surface area (Å²) in [5, 5.41) is 0. The quantitative estimate of drug-likeness (QED) is 0.248. The number of fused-ring (bicyclic) bond motifs is 1. The van der Waals surface area contributed by atoms with Gasteiger partial charge in [0.1, 0.15) is 5.82 Å². The molecule has 0 N–H and O–H groups in total. The SMILES string of the molecule is CCCCCCCc1ncc(C#Cc2cc3c(cc2CCCCCC)SCCC3(C)C)cn1. The van der Waals surface area contributed by atoms with Crippen LogP contribution in [0.25, 0.3) is 0 Å². The van der Waals surface area contributed by atoms with Gasteiger partial charge in [-0.05, 0) is 60.1 Å². The second-order valence-corrected chi connectivity index (χ2v) is 11.2. The molecule has 1 aliphatic heterocycles. The van der Waals surface area contributed by atoms with Gasteiger partial charge in [-0.3, -0.25) is 0 Å². The molecule has 1 aromatic carbocycles. The first-order valence-electron chi connectivity index (χ1n) is 13.2. The van der Waals surface area contributed by atoms with E-state index >= 15 is 0 Å². The lowest BCUT2D eigenvalue weighted by Crippen LogP contribution is -2.23. The fourth-order valence-corrected chi connectivity index (χ4v) is 6.01. The van der Waals surface area contributed by atoms with Crippen molar-refractivity contribution >= 4 is 11.8 Å². The molecule has 178 valence electrons. The Kier molecular flexibility index (Phi) is 10.3. The summed E-state index contributed by atoms with van der Waals surface area (Å²) < 4.78 is 0. The Morgan fingerprint density at radius 3 is 2.24 bits per heavy atom. The molecule has 2 heterocycles. The second-order valence-electron chi connectivity index (χ2n) is 10.1. The van der Waals surface area contributed by atoms with E-state index in [1.165, 1.54) is 91.5 Å². The average molecular weight is 463 g/mol. The fraction of sp³-hybridized carbons (Fsp3) is 0.600. The molecule has 1 aromatic heterocycles. The molecule has 2 nitrogen and oxygen atoms in total. The Morgan fingerprint density at radius 1 is 0.848 bits per heavy atom. The average Bonchev–Trinajstić information content (AvgIpc) is 2.81. The molecule has 0 fully saturated rings. The summed E-state index contributed by atoms with van der Waals surface area (Å²) in [7, 11) is 0. The number of hydrogen-bond donors (Lipinski definition) is 0. The van der Waals surface area contributed by atoms with E-state index in [2.05, 4.69) is 61.6 Å². The molecular weight excluding hydrogens is 420 g/mol. The van der Waals surface area contributed by atoms with E-state index < -0.39 is 0 Å². The van der Waals surface area contributed by atoms with Gasteiger partial charge in [0, 0.05) is 29.3 Å². The third-order valence-electron chi connectivity index (χ3n) is 6.77. The first-order chi connectivity index (χ1) is 16.0. The molecule has 33 heavy (non-hydrogen) atoms. The number of aryl methyl sites for hydroxylation is 2. The Morgan fingerprint density at radius 2 is 1.52 bits per heavy atom. The maximum absolute atomic E-state index is 4.58. The summed E-state index contributed by atoms with van der Waals surface area (Å²) in [6.07, 6.45) is 18.6. The predicted octanol–water partition coefficient (Wildman–Crippen LogP) is 8.29. The maximum atomic E-state index is 4.58. The maximum Gasteiger partial charge on any atom is 0.128 e. The number of hydrogen-bond acceptors (Lipinski definition) is 3. The number of rotatable bonds is 11. The van der Waals surface area contributed by atoms with Gasteiger partial charge in [-0.25, -0.2) is 9.97 Å². The molecule has 0 atom stereocenters. The van der Waals surface area contributed by atoms with Crippen LogP contribution in [-0.2, 0) is 18.3 Å². The molecule has 0 saturated carbocycles. The van der Waals surface area contributed by atoms with Crippen LogP contribution in [0.3, 0.4) is 0 Å². The van der Waals surface area contributed by atoms with Gasteiger partial charge in [0.25, 0.3) is 0 Å². The summed E-state index contributed by atoms with van der Waals surface area (Å²) in [5.74, 6) is 9.03. The highest BCUT2D eigenvalue weighted by atomic mass is 32.2. The highest BCUT2D eigenvalue weighted by Crippen LogP contribution is 2.42. The third kappa shape index (κ3) is 7.89. The standard InChI is InChI=1S/C30H42N2S/c1-5-7-9-11-13-15-29-31-22-24(23-32-29)16-17-26-20-27-28(33-19-18-30(27,3)4)21-25(26)14-12-10-8-6-2/h20-23H,5-15,18-19H2,1-4H3. The van der Waals surface area contributed by atoms with Gasteiger partial charge in [0.05, 0.1) is 5.56 Å². The van der Waals surface area contributed by atoms with Crippen LogP contribution in [-0.4, -0.2) is 15.7 Å². The Hall–Kier alpha value is -1.79. The lowest BCUT2D eigenvalue weighted by atomic mass is 9.80. The van der Waals surface area contributed by atoms with Crippen LogP contribution in [0.4, 0.5) is 0 Å². The highest BCUT2D eigenvalue weighted by Gasteiger charge is 2.28. The van der Waals surface area contributed by atoms with Crippen molar-refractivity contribution in [1.29, 1.82) is 0 Å². The summed E-state index contributed by atoms with van der Waals surface area (Å²) in [4.78, 5) is 10.6. The van der Waals surface area contributed by atoms with Gasteiger partial charge in [-0.2, -0.15) is 0 Å². The molecule has 0 radical (unpaired) electrons. The largest absolute Gasteiger partial charge is 0.240 e. The lowest BCUT2D eigenvalue weighted by molar-refractivity contribution is 0.493. The van der Waals surface area contributed by atoms with E-state index in [0.29, 0.717) is 0 Å². The molecule has 2 aromatic rings. The first kappa shape index (κ1) is 25.8.